The fourth-order valence-corrected chi connectivity index (χ4v) is 4.70. The molecular weight excluding hydrogens is 654 g/mol. The van der Waals surface area contributed by atoms with Crippen LogP contribution in [-0.2, 0) is 42.6 Å². The zero-order valence-electron chi connectivity index (χ0n) is 26.6. The van der Waals surface area contributed by atoms with E-state index in [0.717, 1.165) is 49.5 Å². The van der Waals surface area contributed by atoms with E-state index in [0.29, 0.717) is 0 Å². The molecule has 0 bridgehead atoms. The van der Waals surface area contributed by atoms with Gasteiger partial charge in [-0.15, -0.1) is 23.0 Å². The molecule has 4 rings (SSSR count). The largest absolute Gasteiger partial charge is 3.00 e. The van der Waals surface area contributed by atoms with Crippen molar-refractivity contribution in [3.8, 4) is 11.5 Å². The quantitative estimate of drug-likeness (QED) is 0.258. The summed E-state index contributed by atoms with van der Waals surface area (Å²) in [5.41, 5.74) is 1.77. The van der Waals surface area contributed by atoms with Crippen LogP contribution in [0.15, 0.2) is 72.2 Å². The number of carbonyl (C=O) groups is 2. The molecule has 2 radical (unpaired) electrons. The normalized spacial score (nSPS) is 16.6. The number of allylic oxidation sites excluding steroid dienone is 4. The number of hydrogen-bond donors (Lipinski definition) is 0. The summed E-state index contributed by atoms with van der Waals surface area (Å²) in [6, 6.07) is 14.6. The maximum Gasteiger partial charge on any atom is 3.00 e. The molecule has 0 unspecified atom stereocenters. The van der Waals surface area contributed by atoms with E-state index in [-0.39, 0.29) is 79.9 Å². The Labute approximate surface area is 282 Å². The van der Waals surface area contributed by atoms with E-state index in [1.807, 2.05) is 24.3 Å². The first-order chi connectivity index (χ1) is 19.6. The molecule has 246 valence electrons. The van der Waals surface area contributed by atoms with Gasteiger partial charge in [-0.3, -0.25) is 29.2 Å². The number of ketones is 2. The van der Waals surface area contributed by atoms with Crippen LogP contribution in [0.1, 0.15) is 51.2 Å². The van der Waals surface area contributed by atoms with E-state index < -0.39 is 0 Å². The summed E-state index contributed by atoms with van der Waals surface area (Å²) in [4.78, 5) is 28.8. The average Bonchev–Trinajstić information content (AvgIpc) is 3.39. The summed E-state index contributed by atoms with van der Waals surface area (Å²) in [5.74, 6) is -0.476. The van der Waals surface area contributed by atoms with Crippen LogP contribution in [-0.4, -0.2) is 85.5 Å². The molecule has 0 aliphatic carbocycles. The molecule has 44 heavy (non-hydrogen) atoms. The van der Waals surface area contributed by atoms with Crippen LogP contribution < -0.4 is 20.4 Å². The minimum Gasteiger partial charge on any atom is -0.876 e. The molecule has 2 aromatic carbocycles. The van der Waals surface area contributed by atoms with E-state index >= 15 is 0 Å². The molecule has 12 heteroatoms. The predicted molar refractivity (Wildman–Crippen MR) is 157 cm³/mol. The van der Waals surface area contributed by atoms with E-state index in [2.05, 4.69) is 47.8 Å². The Morgan fingerprint density at radius 3 is 1.02 bits per heavy atom. The Kier molecular flexibility index (Phi) is 21.6. The summed E-state index contributed by atoms with van der Waals surface area (Å²) >= 11 is 0. The number of carbonyl (C=O) groups excluding carboxylic acids is 2. The van der Waals surface area contributed by atoms with Crippen LogP contribution >= 0.6 is 0 Å². The van der Waals surface area contributed by atoms with E-state index in [1.165, 1.54) is 27.7 Å². The van der Waals surface area contributed by atoms with Crippen molar-refractivity contribution in [2.24, 2.45) is 0 Å². The van der Waals surface area contributed by atoms with Crippen LogP contribution in [0.3, 0.4) is 0 Å². The molecule has 0 atom stereocenters. The second-order valence-electron chi connectivity index (χ2n) is 10.5. The second kappa shape index (κ2) is 21.9. The van der Waals surface area contributed by atoms with E-state index in [1.54, 1.807) is 24.3 Å². The van der Waals surface area contributed by atoms with Crippen LogP contribution in [0.5, 0.6) is 11.5 Å². The first kappa shape index (κ1) is 43.4. The van der Waals surface area contributed by atoms with E-state index in [9.17, 15) is 30.0 Å². The fraction of sp³-hybridized carbons (Fsp3) is 0.438. The minimum absolute atomic E-state index is 0. The van der Waals surface area contributed by atoms with Gasteiger partial charge < -0.3 is 20.4 Å². The molecule has 2 aromatic rings. The smallest absolute Gasteiger partial charge is 0.876 e. The number of benzene rings is 2. The number of para-hydroxylation sites is 2. The summed E-state index contributed by atoms with van der Waals surface area (Å²) in [7, 11) is 8.22. The maximum atomic E-state index is 11.6. The zero-order chi connectivity index (χ0) is 32.0. The zero-order valence-corrected chi connectivity index (χ0v) is 28.6. The van der Waals surface area contributed by atoms with Gasteiger partial charge in [0.2, 0.25) is 0 Å². The van der Waals surface area contributed by atoms with Crippen LogP contribution in [0.2, 0.25) is 0 Å². The number of likely N-dealkylation sites (N-methyl/N-ethyl adjacent to an activating group) is 4. The number of nitrogens with zero attached hydrogens (tertiary/aromatic N) is 4. The van der Waals surface area contributed by atoms with Gasteiger partial charge >= 0.3 is 33.0 Å². The first-order valence-electron chi connectivity index (χ1n) is 13.7. The van der Waals surface area contributed by atoms with Crippen molar-refractivity contribution in [3.63, 3.8) is 0 Å². The molecule has 2 saturated heterocycles. The third kappa shape index (κ3) is 15.3. The van der Waals surface area contributed by atoms with Crippen molar-refractivity contribution in [2.75, 3.05) is 54.4 Å². The fourth-order valence-electron chi connectivity index (χ4n) is 4.70. The van der Waals surface area contributed by atoms with Crippen LogP contribution in [0, 0.1) is 0 Å². The van der Waals surface area contributed by atoms with Crippen molar-refractivity contribution >= 4 is 11.6 Å². The van der Waals surface area contributed by atoms with E-state index in [4.69, 9.17) is 0 Å². The van der Waals surface area contributed by atoms with Crippen LogP contribution in [0.4, 0.5) is 0 Å². The van der Waals surface area contributed by atoms with Gasteiger partial charge in [-0.25, -0.2) is 0 Å². The minimum atomic E-state index is -0.187. The van der Waals surface area contributed by atoms with Gasteiger partial charge in [0, 0.05) is 26.2 Å². The first-order valence-corrected chi connectivity index (χ1v) is 13.7. The Morgan fingerprint density at radius 2 is 0.841 bits per heavy atom. The summed E-state index contributed by atoms with van der Waals surface area (Å²) in [5, 5.41) is 43.2. The standard InChI is InChI=1S/2C11H16N2O.2C5H8O2.2Ni/c2*1-12-7-8-13(2)11(12)9-5-3-4-6-10(9)14;2*1-4(6)3-5(2)7;;/h2*3-6,11,14H,7-8H2,1-2H3;2*3,6H,1-2H3;;/q;;;;2*+3/p-4/b;;2*4-3-;;. The Morgan fingerprint density at radius 1 is 0.591 bits per heavy atom. The van der Waals surface area contributed by atoms with Crippen molar-refractivity contribution in [1.82, 2.24) is 19.6 Å². The van der Waals surface area contributed by atoms with Crippen molar-refractivity contribution < 1.29 is 63.0 Å². The van der Waals surface area contributed by atoms with Crippen LogP contribution in [0.25, 0.3) is 0 Å². The Balaban J connectivity index is 0. The second-order valence-corrected chi connectivity index (χ2v) is 10.5. The molecule has 0 saturated carbocycles. The Bertz CT molecular complexity index is 1110. The number of hydrogen-bond acceptors (Lipinski definition) is 10. The van der Waals surface area contributed by atoms with Crippen molar-refractivity contribution in [1.29, 1.82) is 0 Å². The maximum absolute atomic E-state index is 11.6. The SMILES string of the molecule is CC(=O)/C=C(/C)[O-].CC(=O)/C=C(/C)[O-].CN1CCN(C)C1c1ccccc1[O-].CN1CCN(C)C1c1ccccc1[O-].[Ni+3].[Ni+3]. The molecule has 0 N–H and O–H groups in total. The molecule has 0 amide bonds. The van der Waals surface area contributed by atoms with Crippen molar-refractivity contribution in [2.45, 2.75) is 40.0 Å². The van der Waals surface area contributed by atoms with Gasteiger partial charge in [0.25, 0.3) is 0 Å². The molecule has 10 nitrogen and oxygen atoms in total. The van der Waals surface area contributed by atoms with Gasteiger partial charge in [-0.2, -0.15) is 0 Å². The molecule has 2 heterocycles. The predicted octanol–water partition coefficient (Wildman–Crippen LogP) is 0.946. The third-order valence-electron chi connectivity index (χ3n) is 6.49. The molecule has 2 fully saturated rings. The van der Waals surface area contributed by atoms with Gasteiger partial charge in [0.05, 0.1) is 12.3 Å². The monoisotopic (exact) mass is 696 g/mol. The summed E-state index contributed by atoms with van der Waals surface area (Å²) < 4.78 is 0. The summed E-state index contributed by atoms with van der Waals surface area (Å²) in [6.45, 7) is 9.49. The Hall–Kier alpha value is -2.71. The van der Waals surface area contributed by atoms with Gasteiger partial charge in [0.15, 0.2) is 11.6 Å². The molecular formula is C32H44N4Ni2O6+2. The van der Waals surface area contributed by atoms with Gasteiger partial charge in [0.1, 0.15) is 0 Å². The third-order valence-corrected chi connectivity index (χ3v) is 6.49. The van der Waals surface area contributed by atoms with Gasteiger partial charge in [-0.1, -0.05) is 62.4 Å². The molecule has 0 spiro atoms. The number of rotatable bonds is 4. The molecule has 0 aromatic heterocycles. The average molecular weight is 698 g/mol. The van der Waals surface area contributed by atoms with Crippen molar-refractivity contribution in [3.05, 3.63) is 83.3 Å². The van der Waals surface area contributed by atoms with Gasteiger partial charge in [-0.05, 0) is 65.3 Å². The molecule has 2 aliphatic rings. The summed E-state index contributed by atoms with van der Waals surface area (Å²) in [6.07, 6.45) is 2.42. The molecule has 2 aliphatic heterocycles. The topological polar surface area (TPSA) is 139 Å².